The van der Waals surface area contributed by atoms with Gasteiger partial charge in [-0.15, -0.1) is 0 Å². The van der Waals surface area contributed by atoms with Gasteiger partial charge >= 0.3 is 0 Å². The Balaban J connectivity index is 1.67. The number of allylic oxidation sites excluding steroid dienone is 1. The molecule has 4 aliphatic carbocycles. The Morgan fingerprint density at radius 1 is 1.22 bits per heavy atom. The van der Waals surface area contributed by atoms with Crippen LogP contribution in [-0.2, 0) is 14.4 Å². The van der Waals surface area contributed by atoms with Crippen molar-refractivity contribution in [3.05, 3.63) is 11.6 Å². The van der Waals surface area contributed by atoms with Gasteiger partial charge in [0.05, 0.1) is 11.5 Å². The Kier molecular flexibility index (Phi) is 7.62. The van der Waals surface area contributed by atoms with Crippen molar-refractivity contribution in [3.63, 3.8) is 0 Å². The van der Waals surface area contributed by atoms with Crippen LogP contribution in [0.3, 0.4) is 0 Å². The topological polar surface area (TPSA) is 86.7 Å². The van der Waals surface area contributed by atoms with E-state index >= 15 is 0 Å². The van der Waals surface area contributed by atoms with Crippen molar-refractivity contribution >= 4 is 18.0 Å². The molecule has 0 aromatic carbocycles. The quantitative estimate of drug-likeness (QED) is 0.405. The van der Waals surface area contributed by atoms with Crippen molar-refractivity contribution in [2.75, 3.05) is 14.1 Å². The molecule has 6 heteroatoms. The Hall–Kier alpha value is -1.53. The lowest BCUT2D eigenvalue weighted by Crippen LogP contribution is -2.55. The molecule has 0 aliphatic heterocycles. The number of amides is 1. The lowest BCUT2D eigenvalue weighted by Gasteiger charge is -2.56. The van der Waals surface area contributed by atoms with Gasteiger partial charge < -0.3 is 20.1 Å². The third-order valence-corrected chi connectivity index (χ3v) is 12.1. The van der Waals surface area contributed by atoms with Crippen molar-refractivity contribution in [1.82, 2.24) is 10.2 Å². The van der Waals surface area contributed by atoms with Crippen molar-refractivity contribution in [2.24, 2.45) is 45.8 Å². The van der Waals surface area contributed by atoms with E-state index in [9.17, 15) is 19.5 Å². The summed E-state index contributed by atoms with van der Waals surface area (Å²) in [7, 11) is 4.12. The SMILES string of the molecule is CC[C@H](C)C(=O)N[C@H]1CC=C2C[C@@H]3C(=O)C[C@]4(C)[C@@H]([C@H](C)N(C)C)[C@H](O)C[C@@]4(C)[C@@H]3CC[C@H]2[C@]1(C)C=O. The molecule has 0 aromatic rings. The molecular weight excluding hydrogens is 464 g/mol. The van der Waals surface area contributed by atoms with Crippen LogP contribution in [-0.4, -0.2) is 60.3 Å². The van der Waals surface area contributed by atoms with Crippen LogP contribution in [0.4, 0.5) is 0 Å². The summed E-state index contributed by atoms with van der Waals surface area (Å²) in [5, 5.41) is 14.6. The molecule has 11 atom stereocenters. The van der Waals surface area contributed by atoms with Crippen LogP contribution in [0.5, 0.6) is 0 Å². The molecule has 4 aliphatic rings. The second kappa shape index (κ2) is 9.89. The van der Waals surface area contributed by atoms with Crippen LogP contribution < -0.4 is 5.32 Å². The maximum Gasteiger partial charge on any atom is 0.223 e. The van der Waals surface area contributed by atoms with E-state index in [0.717, 1.165) is 32.0 Å². The minimum Gasteiger partial charge on any atom is -0.393 e. The van der Waals surface area contributed by atoms with Crippen LogP contribution in [0.1, 0.15) is 86.5 Å². The number of carbonyl (C=O) groups is 3. The zero-order valence-corrected chi connectivity index (χ0v) is 24.3. The summed E-state index contributed by atoms with van der Waals surface area (Å²) in [4.78, 5) is 41.5. The Morgan fingerprint density at radius 2 is 1.89 bits per heavy atom. The number of hydrogen-bond donors (Lipinski definition) is 2. The molecule has 0 bridgehead atoms. The van der Waals surface area contributed by atoms with Crippen LogP contribution in [0.25, 0.3) is 0 Å². The monoisotopic (exact) mass is 514 g/mol. The molecule has 3 saturated carbocycles. The number of ketones is 1. The molecule has 37 heavy (non-hydrogen) atoms. The molecule has 0 spiro atoms. The van der Waals surface area contributed by atoms with Crippen LogP contribution in [0.2, 0.25) is 0 Å². The average Bonchev–Trinajstić information content (AvgIpc) is 2.96. The van der Waals surface area contributed by atoms with Gasteiger partial charge in [0.1, 0.15) is 12.1 Å². The summed E-state index contributed by atoms with van der Waals surface area (Å²) in [5.41, 5.74) is 0.133. The highest BCUT2D eigenvalue weighted by atomic mass is 16.3. The van der Waals surface area contributed by atoms with E-state index in [1.807, 2.05) is 20.8 Å². The van der Waals surface area contributed by atoms with E-state index in [4.69, 9.17) is 0 Å². The van der Waals surface area contributed by atoms with Crippen molar-refractivity contribution in [2.45, 2.75) is 105 Å². The minimum atomic E-state index is -0.689. The van der Waals surface area contributed by atoms with Crippen molar-refractivity contribution < 1.29 is 19.5 Å². The number of hydrogen-bond acceptors (Lipinski definition) is 5. The number of aliphatic hydroxyl groups is 1. The van der Waals surface area contributed by atoms with E-state index in [0.29, 0.717) is 25.0 Å². The first-order valence-electron chi connectivity index (χ1n) is 14.6. The van der Waals surface area contributed by atoms with Gasteiger partial charge in [0.25, 0.3) is 0 Å². The number of rotatable bonds is 6. The zero-order chi connectivity index (χ0) is 27.5. The van der Waals surface area contributed by atoms with Crippen LogP contribution in [0, 0.1) is 45.8 Å². The number of aliphatic hydroxyl groups excluding tert-OH is 1. The number of nitrogens with zero attached hydrogens (tertiary/aromatic N) is 1. The summed E-state index contributed by atoms with van der Waals surface area (Å²) in [6, 6.07) is -0.0500. The third kappa shape index (κ3) is 4.25. The fourth-order valence-corrected chi connectivity index (χ4v) is 9.11. The molecule has 2 N–H and O–H groups in total. The van der Waals surface area contributed by atoms with Crippen molar-refractivity contribution in [3.8, 4) is 0 Å². The van der Waals surface area contributed by atoms with E-state index in [2.05, 4.69) is 51.2 Å². The first-order valence-corrected chi connectivity index (χ1v) is 14.6. The highest BCUT2D eigenvalue weighted by molar-refractivity contribution is 5.84. The number of nitrogens with one attached hydrogen (secondary N) is 1. The van der Waals surface area contributed by atoms with Gasteiger partial charge in [0.15, 0.2) is 0 Å². The number of carbonyl (C=O) groups excluding carboxylic acids is 3. The first kappa shape index (κ1) is 28.5. The van der Waals surface area contributed by atoms with Gasteiger partial charge in [-0.05, 0) is 82.2 Å². The second-order valence-corrected chi connectivity index (χ2v) is 13.9. The predicted octanol–water partition coefficient (Wildman–Crippen LogP) is 4.40. The molecule has 0 saturated heterocycles. The normalized spacial score (nSPS) is 45.1. The van der Waals surface area contributed by atoms with Crippen molar-refractivity contribution in [1.29, 1.82) is 0 Å². The molecule has 3 fully saturated rings. The summed E-state index contributed by atoms with van der Waals surface area (Å²) >= 11 is 0. The molecule has 0 unspecified atom stereocenters. The van der Waals surface area contributed by atoms with Gasteiger partial charge in [0, 0.05) is 36.3 Å². The van der Waals surface area contributed by atoms with Gasteiger partial charge in [-0.25, -0.2) is 0 Å². The molecule has 208 valence electrons. The van der Waals surface area contributed by atoms with E-state index in [1.54, 1.807) is 0 Å². The third-order valence-electron chi connectivity index (χ3n) is 12.1. The maximum atomic E-state index is 13.9. The highest BCUT2D eigenvalue weighted by Gasteiger charge is 2.67. The Labute approximate surface area is 224 Å². The molecular formula is C31H50N2O4. The lowest BCUT2D eigenvalue weighted by atomic mass is 9.48. The minimum absolute atomic E-state index is 0.0131. The molecule has 4 rings (SSSR count). The Morgan fingerprint density at radius 3 is 2.49 bits per heavy atom. The summed E-state index contributed by atoms with van der Waals surface area (Å²) in [6.07, 6.45) is 7.92. The predicted molar refractivity (Wildman–Crippen MR) is 146 cm³/mol. The molecule has 1 amide bonds. The van der Waals surface area contributed by atoms with Gasteiger partial charge in [-0.2, -0.15) is 0 Å². The molecule has 0 radical (unpaired) electrons. The zero-order valence-electron chi connectivity index (χ0n) is 24.3. The molecule has 0 aromatic heterocycles. The first-order chi connectivity index (χ1) is 17.2. The fourth-order valence-electron chi connectivity index (χ4n) is 9.11. The smallest absolute Gasteiger partial charge is 0.223 e. The summed E-state index contributed by atoms with van der Waals surface area (Å²) < 4.78 is 0. The standard InChI is InChI=1S/C31H50N2O4/c1-9-18(2)28(37)32-26-13-10-20-14-21-23(12-11-22(20)29(26,4)17-34)30(5)16-25(36)27(19(3)33(7)8)31(30,6)15-24(21)35/h10,17-19,21-23,25-27,36H,9,11-16H2,1-8H3,(H,32,37)/t18-,19-,21-,22+,23+,25+,26-,27-,29-,30-,31+/m0/s1. The Bertz CT molecular complexity index is 961. The molecule has 6 nitrogen and oxygen atoms in total. The van der Waals surface area contributed by atoms with E-state index in [1.165, 1.54) is 5.57 Å². The fraction of sp³-hybridized carbons (Fsp3) is 0.839. The van der Waals surface area contributed by atoms with Gasteiger partial charge in [-0.1, -0.05) is 46.3 Å². The van der Waals surface area contributed by atoms with E-state index in [-0.39, 0.29) is 58.4 Å². The highest BCUT2D eigenvalue weighted by Crippen LogP contribution is 2.69. The number of aldehydes is 1. The molecule has 0 heterocycles. The van der Waals surface area contributed by atoms with Gasteiger partial charge in [0.2, 0.25) is 5.91 Å². The largest absolute Gasteiger partial charge is 0.393 e. The second-order valence-electron chi connectivity index (χ2n) is 13.9. The van der Waals surface area contributed by atoms with Gasteiger partial charge in [-0.3, -0.25) is 9.59 Å². The number of Topliss-reactive ketones (excluding diaryl/α,β-unsaturated/α-hetero) is 1. The average molecular weight is 515 g/mol. The summed E-state index contributed by atoms with van der Waals surface area (Å²) in [5.74, 6) is 0.454. The maximum absolute atomic E-state index is 13.9. The van der Waals surface area contributed by atoms with Crippen LogP contribution >= 0.6 is 0 Å². The summed E-state index contributed by atoms with van der Waals surface area (Å²) in [6.45, 7) is 12.7. The lowest BCUT2D eigenvalue weighted by molar-refractivity contribution is -0.147. The number of fused-ring (bicyclic) bond motifs is 4. The van der Waals surface area contributed by atoms with E-state index < -0.39 is 11.5 Å². The van der Waals surface area contributed by atoms with Crippen LogP contribution in [0.15, 0.2) is 11.6 Å².